The van der Waals surface area contributed by atoms with Gasteiger partial charge in [-0.25, -0.2) is 4.98 Å². The molecule has 1 atom stereocenters. The molecule has 1 rings (SSSR count). The summed E-state index contributed by atoms with van der Waals surface area (Å²) in [6.07, 6.45) is 4.72. The number of nitrogens with zero attached hydrogens (tertiary/aromatic N) is 1. The molecule has 108 valence electrons. The van der Waals surface area contributed by atoms with Crippen LogP contribution in [0.4, 0.5) is 0 Å². The predicted molar refractivity (Wildman–Crippen MR) is 80.4 cm³/mol. The van der Waals surface area contributed by atoms with Gasteiger partial charge in [-0.3, -0.25) is 0 Å². The molecule has 2 N–H and O–H groups in total. The Morgan fingerprint density at radius 2 is 2.11 bits per heavy atom. The van der Waals surface area contributed by atoms with Crippen molar-refractivity contribution in [2.45, 2.75) is 46.1 Å². The molecule has 0 saturated carbocycles. The Morgan fingerprint density at radius 1 is 1.42 bits per heavy atom. The first-order valence-corrected chi connectivity index (χ1v) is 7.40. The Kier molecular flexibility index (Phi) is 6.76. The fourth-order valence-electron chi connectivity index (χ4n) is 2.35. The van der Waals surface area contributed by atoms with Gasteiger partial charge in [0, 0.05) is 25.4 Å². The summed E-state index contributed by atoms with van der Waals surface area (Å²) in [5.74, 6) is 0. The van der Waals surface area contributed by atoms with E-state index in [0.717, 1.165) is 31.4 Å². The number of pyridine rings is 1. The van der Waals surface area contributed by atoms with Gasteiger partial charge in [0.25, 0.3) is 0 Å². The second-order valence-electron chi connectivity index (χ2n) is 5.20. The smallest absolute Gasteiger partial charge is 0.129 e. The van der Waals surface area contributed by atoms with Crippen LogP contribution in [0.3, 0.4) is 0 Å². The molecule has 0 saturated heterocycles. The van der Waals surface area contributed by atoms with Crippen LogP contribution in [0.1, 0.15) is 51.6 Å². The summed E-state index contributed by atoms with van der Waals surface area (Å²) >= 11 is 5.91. The summed E-state index contributed by atoms with van der Waals surface area (Å²) < 4.78 is 0. The summed E-state index contributed by atoms with van der Waals surface area (Å²) in [6.45, 7) is 7.66. The highest BCUT2D eigenvalue weighted by Crippen LogP contribution is 2.30. The van der Waals surface area contributed by atoms with Crippen molar-refractivity contribution in [3.8, 4) is 0 Å². The molecule has 1 aromatic heterocycles. The van der Waals surface area contributed by atoms with Crippen molar-refractivity contribution in [1.82, 2.24) is 10.3 Å². The Labute approximate surface area is 121 Å². The Balaban J connectivity index is 2.63. The fraction of sp³-hybridized carbons (Fsp3) is 0.667. The van der Waals surface area contributed by atoms with E-state index >= 15 is 0 Å². The number of hydrogen-bond acceptors (Lipinski definition) is 3. The zero-order valence-corrected chi connectivity index (χ0v) is 12.9. The van der Waals surface area contributed by atoms with Crippen molar-refractivity contribution in [2.75, 3.05) is 13.2 Å². The van der Waals surface area contributed by atoms with Crippen LogP contribution in [0.15, 0.2) is 18.3 Å². The quantitative estimate of drug-likeness (QED) is 0.717. The van der Waals surface area contributed by atoms with Crippen molar-refractivity contribution in [3.05, 3.63) is 29.0 Å². The highest BCUT2D eigenvalue weighted by molar-refractivity contribution is 6.29. The Bertz CT molecular complexity index is 380. The van der Waals surface area contributed by atoms with Crippen molar-refractivity contribution >= 4 is 11.6 Å². The van der Waals surface area contributed by atoms with Crippen molar-refractivity contribution in [3.63, 3.8) is 0 Å². The number of aromatic nitrogens is 1. The van der Waals surface area contributed by atoms with E-state index in [1.165, 1.54) is 0 Å². The van der Waals surface area contributed by atoms with Crippen molar-refractivity contribution in [2.24, 2.45) is 5.41 Å². The minimum atomic E-state index is 0.180. The molecule has 0 amide bonds. The van der Waals surface area contributed by atoms with Crippen LogP contribution in [-0.2, 0) is 0 Å². The summed E-state index contributed by atoms with van der Waals surface area (Å²) in [6, 6.07) is 4.11. The van der Waals surface area contributed by atoms with Gasteiger partial charge in [0.2, 0.25) is 0 Å². The Hall–Kier alpha value is -0.640. The lowest BCUT2D eigenvalue weighted by Crippen LogP contribution is -2.35. The third-order valence-corrected chi connectivity index (χ3v) is 4.38. The first-order chi connectivity index (χ1) is 9.06. The maximum atomic E-state index is 9.23. The predicted octanol–water partition coefficient (Wildman–Crippen LogP) is 3.57. The number of rotatable bonds is 8. The molecule has 0 aliphatic heterocycles. The SMILES string of the molecule is CCC(CC)(CCO)CNC(C)c1ccnc(Cl)c1. The van der Waals surface area contributed by atoms with Gasteiger partial charge in [-0.05, 0) is 49.3 Å². The minimum absolute atomic E-state index is 0.180. The van der Waals surface area contributed by atoms with Crippen LogP contribution < -0.4 is 5.32 Å². The topological polar surface area (TPSA) is 45.1 Å². The van der Waals surface area contributed by atoms with Crippen LogP contribution in [0.2, 0.25) is 5.15 Å². The van der Waals surface area contributed by atoms with E-state index in [0.29, 0.717) is 5.15 Å². The average molecular weight is 285 g/mol. The third-order valence-electron chi connectivity index (χ3n) is 4.18. The van der Waals surface area contributed by atoms with Gasteiger partial charge in [0.05, 0.1) is 0 Å². The molecular formula is C15H25ClN2O. The van der Waals surface area contributed by atoms with Crippen LogP contribution in [0.5, 0.6) is 0 Å². The zero-order valence-electron chi connectivity index (χ0n) is 12.1. The fourth-order valence-corrected chi connectivity index (χ4v) is 2.54. The summed E-state index contributed by atoms with van der Waals surface area (Å²) in [5.41, 5.74) is 1.32. The third kappa shape index (κ3) is 4.75. The van der Waals surface area contributed by atoms with Crippen LogP contribution in [-0.4, -0.2) is 23.2 Å². The molecule has 0 aromatic carbocycles. The lowest BCUT2D eigenvalue weighted by atomic mass is 9.79. The minimum Gasteiger partial charge on any atom is -0.396 e. The molecule has 0 spiro atoms. The van der Waals surface area contributed by atoms with Crippen LogP contribution in [0, 0.1) is 5.41 Å². The van der Waals surface area contributed by atoms with Gasteiger partial charge in [-0.15, -0.1) is 0 Å². The van der Waals surface area contributed by atoms with E-state index in [9.17, 15) is 5.11 Å². The monoisotopic (exact) mass is 284 g/mol. The molecule has 0 bridgehead atoms. The normalized spacial score (nSPS) is 13.5. The molecule has 1 unspecified atom stereocenters. The molecular weight excluding hydrogens is 260 g/mol. The first-order valence-electron chi connectivity index (χ1n) is 7.02. The second kappa shape index (κ2) is 7.83. The maximum Gasteiger partial charge on any atom is 0.129 e. The summed E-state index contributed by atoms with van der Waals surface area (Å²) in [5, 5.41) is 13.3. The number of nitrogens with one attached hydrogen (secondary N) is 1. The lowest BCUT2D eigenvalue weighted by Gasteiger charge is -2.33. The lowest BCUT2D eigenvalue weighted by molar-refractivity contribution is 0.160. The standard InChI is InChI=1S/C15H25ClN2O/c1-4-15(5-2,7-9-19)11-18-12(3)13-6-8-17-14(16)10-13/h6,8,10,12,18-19H,4-5,7,9,11H2,1-3H3. The molecule has 1 heterocycles. The molecule has 3 nitrogen and oxygen atoms in total. The number of aliphatic hydroxyl groups excluding tert-OH is 1. The van der Waals surface area contributed by atoms with E-state index in [1.54, 1.807) is 6.20 Å². The van der Waals surface area contributed by atoms with E-state index in [4.69, 9.17) is 11.6 Å². The van der Waals surface area contributed by atoms with Crippen LogP contribution >= 0.6 is 11.6 Å². The number of aliphatic hydroxyl groups is 1. The molecule has 19 heavy (non-hydrogen) atoms. The Morgan fingerprint density at radius 3 is 2.63 bits per heavy atom. The van der Waals surface area contributed by atoms with Crippen LogP contribution in [0.25, 0.3) is 0 Å². The molecule has 1 aromatic rings. The zero-order chi connectivity index (χ0) is 14.3. The number of halogens is 1. The highest BCUT2D eigenvalue weighted by atomic mass is 35.5. The highest BCUT2D eigenvalue weighted by Gasteiger charge is 2.25. The summed E-state index contributed by atoms with van der Waals surface area (Å²) in [7, 11) is 0. The van der Waals surface area contributed by atoms with Gasteiger partial charge in [-0.2, -0.15) is 0 Å². The molecule has 0 aliphatic carbocycles. The van der Waals surface area contributed by atoms with Gasteiger partial charge in [-0.1, -0.05) is 25.4 Å². The van der Waals surface area contributed by atoms with E-state index in [-0.39, 0.29) is 18.1 Å². The maximum absolute atomic E-state index is 9.23. The van der Waals surface area contributed by atoms with Gasteiger partial charge >= 0.3 is 0 Å². The van der Waals surface area contributed by atoms with Gasteiger partial charge in [0.1, 0.15) is 5.15 Å². The van der Waals surface area contributed by atoms with E-state index in [1.807, 2.05) is 12.1 Å². The van der Waals surface area contributed by atoms with E-state index < -0.39 is 0 Å². The molecule has 0 aliphatic rings. The molecule has 4 heteroatoms. The summed E-state index contributed by atoms with van der Waals surface area (Å²) in [4.78, 5) is 4.00. The number of hydrogen-bond donors (Lipinski definition) is 2. The largest absolute Gasteiger partial charge is 0.396 e. The van der Waals surface area contributed by atoms with Crippen molar-refractivity contribution < 1.29 is 5.11 Å². The van der Waals surface area contributed by atoms with Crippen molar-refractivity contribution in [1.29, 1.82) is 0 Å². The van der Waals surface area contributed by atoms with Gasteiger partial charge < -0.3 is 10.4 Å². The molecule has 0 radical (unpaired) electrons. The van der Waals surface area contributed by atoms with Gasteiger partial charge in [0.15, 0.2) is 0 Å². The first kappa shape index (κ1) is 16.4. The molecule has 0 fully saturated rings. The second-order valence-corrected chi connectivity index (χ2v) is 5.58. The average Bonchev–Trinajstić information content (AvgIpc) is 2.43. The van der Waals surface area contributed by atoms with E-state index in [2.05, 4.69) is 31.1 Å².